The van der Waals surface area contributed by atoms with Crippen LogP contribution in [0.25, 0.3) is 0 Å². The summed E-state index contributed by atoms with van der Waals surface area (Å²) in [4.78, 5) is 0. The van der Waals surface area contributed by atoms with Crippen LogP contribution in [0.15, 0.2) is 18.2 Å². The number of hydrogen-bond donors (Lipinski definition) is 1. The van der Waals surface area contributed by atoms with Crippen LogP contribution in [0.4, 0.5) is 0 Å². The quantitative estimate of drug-likeness (QED) is 0.738. The molecule has 0 heterocycles. The third-order valence-corrected chi connectivity index (χ3v) is 3.95. The van der Waals surface area contributed by atoms with E-state index in [1.165, 1.54) is 9.13 Å². The molecule has 0 aromatic heterocycles. The van der Waals surface area contributed by atoms with Crippen molar-refractivity contribution in [2.45, 2.75) is 40.2 Å². The van der Waals surface area contributed by atoms with Crippen LogP contribution in [0, 0.1) is 8.99 Å². The first-order chi connectivity index (χ1) is 7.86. The van der Waals surface area contributed by atoms with Gasteiger partial charge in [0.1, 0.15) is 0 Å². The number of halogens is 2. The third-order valence-electron chi connectivity index (χ3n) is 2.73. The Hall–Kier alpha value is 0.200. The van der Waals surface area contributed by atoms with Gasteiger partial charge in [-0.3, -0.25) is 0 Å². The predicted molar refractivity (Wildman–Crippen MR) is 84.7 cm³/mol. The summed E-state index contributed by atoms with van der Waals surface area (Å²) in [6.45, 7) is 10.0. The van der Waals surface area contributed by atoms with Gasteiger partial charge in [-0.15, -0.1) is 0 Å². The fraction of sp³-hybridized carbons (Fsp3) is 0.571. The molecular weight excluding hydrogens is 345 g/mol. The first-order valence-corrected chi connectivity index (χ1v) is 7.50. The summed E-state index contributed by atoms with van der Waals surface area (Å²) in [7, 11) is 0. The normalized spacial score (nSPS) is 13.8. The van der Waals surface area contributed by atoms with Crippen LogP contribution in [0.2, 0.25) is 5.02 Å². The zero-order valence-corrected chi connectivity index (χ0v) is 13.9. The Morgan fingerprint density at radius 3 is 2.53 bits per heavy atom. The van der Waals surface area contributed by atoms with E-state index in [4.69, 9.17) is 11.6 Å². The van der Waals surface area contributed by atoms with Gasteiger partial charge in [0.15, 0.2) is 0 Å². The Morgan fingerprint density at radius 1 is 1.35 bits per heavy atom. The number of hydrogen-bond acceptors (Lipinski definition) is 1. The maximum atomic E-state index is 6.11. The van der Waals surface area contributed by atoms with Crippen LogP contribution < -0.4 is 5.32 Å². The highest BCUT2D eigenvalue weighted by Crippen LogP contribution is 2.36. The molecule has 96 valence electrons. The van der Waals surface area contributed by atoms with Gasteiger partial charge in [0.2, 0.25) is 0 Å². The number of benzene rings is 1. The van der Waals surface area contributed by atoms with E-state index in [0.717, 1.165) is 18.0 Å². The molecule has 0 aliphatic carbocycles. The van der Waals surface area contributed by atoms with Gasteiger partial charge in [0, 0.05) is 14.6 Å². The average molecular weight is 366 g/mol. The largest absolute Gasteiger partial charge is 0.309 e. The van der Waals surface area contributed by atoms with E-state index < -0.39 is 0 Å². The molecule has 1 rings (SSSR count). The van der Waals surface area contributed by atoms with Crippen molar-refractivity contribution in [2.24, 2.45) is 5.41 Å². The summed E-state index contributed by atoms with van der Waals surface area (Å²) in [5.41, 5.74) is 1.49. The molecule has 0 amide bonds. The second-order valence-electron chi connectivity index (χ2n) is 5.42. The maximum Gasteiger partial charge on any atom is 0.0410 e. The van der Waals surface area contributed by atoms with E-state index in [2.05, 4.69) is 67.7 Å². The van der Waals surface area contributed by atoms with Crippen LogP contribution in [-0.4, -0.2) is 6.54 Å². The van der Waals surface area contributed by atoms with Crippen molar-refractivity contribution in [3.8, 4) is 0 Å². The van der Waals surface area contributed by atoms with Crippen LogP contribution in [0.3, 0.4) is 0 Å². The van der Waals surface area contributed by atoms with Crippen LogP contribution in [0.1, 0.15) is 45.7 Å². The second kappa shape index (κ2) is 6.39. The summed E-state index contributed by atoms with van der Waals surface area (Å²) < 4.78 is 1.27. The summed E-state index contributed by atoms with van der Waals surface area (Å²) in [5, 5.41) is 4.44. The van der Waals surface area contributed by atoms with Gasteiger partial charge in [-0.05, 0) is 64.7 Å². The molecule has 1 atom stereocenters. The monoisotopic (exact) mass is 365 g/mol. The van der Waals surface area contributed by atoms with E-state index in [-0.39, 0.29) is 5.41 Å². The zero-order valence-electron chi connectivity index (χ0n) is 11.0. The maximum absolute atomic E-state index is 6.11. The molecule has 1 N–H and O–H groups in total. The molecule has 17 heavy (non-hydrogen) atoms. The van der Waals surface area contributed by atoms with E-state index in [1.807, 2.05) is 6.07 Å². The lowest BCUT2D eigenvalue weighted by Gasteiger charge is -2.33. The third kappa shape index (κ3) is 4.42. The van der Waals surface area contributed by atoms with E-state index in [9.17, 15) is 0 Å². The fourth-order valence-corrected chi connectivity index (χ4v) is 2.73. The predicted octanol–water partition coefficient (Wildman–Crippen LogP) is 5.03. The minimum absolute atomic E-state index is 0.180. The lowest BCUT2D eigenvalue weighted by molar-refractivity contribution is 0.272. The van der Waals surface area contributed by atoms with Gasteiger partial charge in [-0.1, -0.05) is 39.3 Å². The van der Waals surface area contributed by atoms with Crippen molar-refractivity contribution in [3.05, 3.63) is 32.4 Å². The molecule has 0 radical (unpaired) electrons. The van der Waals surface area contributed by atoms with Gasteiger partial charge in [-0.25, -0.2) is 0 Å². The van der Waals surface area contributed by atoms with Crippen molar-refractivity contribution < 1.29 is 0 Å². The zero-order chi connectivity index (χ0) is 13.1. The Balaban J connectivity index is 3.08. The number of nitrogens with one attached hydrogen (secondary N) is 1. The lowest BCUT2D eigenvalue weighted by Crippen LogP contribution is -2.33. The van der Waals surface area contributed by atoms with Crippen LogP contribution in [-0.2, 0) is 0 Å². The van der Waals surface area contributed by atoms with Gasteiger partial charge in [-0.2, -0.15) is 0 Å². The smallest absolute Gasteiger partial charge is 0.0410 e. The molecule has 0 aliphatic heterocycles. The topological polar surface area (TPSA) is 12.0 Å². The standard InChI is InChI=1S/C14H21ClIN/c1-5-8-17-13(14(2,3)4)11-9-10(15)6-7-12(11)16/h6-7,9,13,17H,5,8H2,1-4H3. The molecular formula is C14H21ClIN. The number of rotatable bonds is 4. The summed E-state index contributed by atoms with van der Waals surface area (Å²) in [6.07, 6.45) is 1.14. The Labute approximate surface area is 123 Å². The highest BCUT2D eigenvalue weighted by Gasteiger charge is 2.27. The molecule has 1 nitrogen and oxygen atoms in total. The first kappa shape index (κ1) is 15.3. The molecule has 0 aliphatic rings. The van der Waals surface area contributed by atoms with Gasteiger partial charge in [0.25, 0.3) is 0 Å². The van der Waals surface area contributed by atoms with Crippen molar-refractivity contribution in [1.82, 2.24) is 5.32 Å². The molecule has 1 unspecified atom stereocenters. The second-order valence-corrected chi connectivity index (χ2v) is 7.02. The van der Waals surface area contributed by atoms with Gasteiger partial charge in [0.05, 0.1) is 0 Å². The molecule has 3 heteroatoms. The van der Waals surface area contributed by atoms with E-state index in [1.54, 1.807) is 0 Å². The van der Waals surface area contributed by atoms with E-state index in [0.29, 0.717) is 6.04 Å². The Morgan fingerprint density at radius 2 is 2.00 bits per heavy atom. The van der Waals surface area contributed by atoms with Crippen LogP contribution >= 0.6 is 34.2 Å². The SMILES string of the molecule is CCCNC(c1cc(Cl)ccc1I)C(C)(C)C. The highest BCUT2D eigenvalue weighted by atomic mass is 127. The molecule has 0 saturated heterocycles. The summed E-state index contributed by atoms with van der Waals surface area (Å²) in [5.74, 6) is 0. The molecule has 0 spiro atoms. The molecule has 1 aromatic rings. The van der Waals surface area contributed by atoms with E-state index >= 15 is 0 Å². The lowest BCUT2D eigenvalue weighted by atomic mass is 9.82. The van der Waals surface area contributed by atoms with Crippen molar-refractivity contribution >= 4 is 34.2 Å². The molecule has 0 saturated carbocycles. The molecule has 0 fully saturated rings. The average Bonchev–Trinajstić information content (AvgIpc) is 2.21. The summed E-state index contributed by atoms with van der Waals surface area (Å²) in [6, 6.07) is 6.46. The minimum Gasteiger partial charge on any atom is -0.309 e. The van der Waals surface area contributed by atoms with Gasteiger partial charge >= 0.3 is 0 Å². The highest BCUT2D eigenvalue weighted by molar-refractivity contribution is 14.1. The Bertz CT molecular complexity index is 371. The molecule has 0 bridgehead atoms. The minimum atomic E-state index is 0.180. The fourth-order valence-electron chi connectivity index (χ4n) is 1.91. The summed E-state index contributed by atoms with van der Waals surface area (Å²) >= 11 is 8.50. The van der Waals surface area contributed by atoms with Crippen molar-refractivity contribution in [1.29, 1.82) is 0 Å². The first-order valence-electron chi connectivity index (χ1n) is 6.04. The van der Waals surface area contributed by atoms with Crippen LogP contribution in [0.5, 0.6) is 0 Å². The molecule has 1 aromatic carbocycles. The van der Waals surface area contributed by atoms with Crippen molar-refractivity contribution in [3.63, 3.8) is 0 Å². The Kier molecular flexibility index (Phi) is 5.74. The van der Waals surface area contributed by atoms with Crippen molar-refractivity contribution in [2.75, 3.05) is 6.54 Å². The van der Waals surface area contributed by atoms with Gasteiger partial charge < -0.3 is 5.32 Å².